The quantitative estimate of drug-likeness (QED) is 0.309. The van der Waals surface area contributed by atoms with E-state index in [0.29, 0.717) is 27.7 Å². The van der Waals surface area contributed by atoms with E-state index in [1.165, 1.54) is 35.6 Å². The van der Waals surface area contributed by atoms with Crippen molar-refractivity contribution in [2.75, 3.05) is 10.6 Å². The summed E-state index contributed by atoms with van der Waals surface area (Å²) in [5.74, 6) is -0.170. The lowest BCUT2D eigenvalue weighted by molar-refractivity contribution is -0.384. The van der Waals surface area contributed by atoms with Crippen molar-refractivity contribution in [2.24, 2.45) is 11.3 Å². The number of anilines is 2. The Labute approximate surface area is 208 Å². The van der Waals surface area contributed by atoms with Crippen molar-refractivity contribution in [1.82, 2.24) is 0 Å². The molecule has 1 atom stereocenters. The summed E-state index contributed by atoms with van der Waals surface area (Å²) in [4.78, 5) is 38.0. The summed E-state index contributed by atoms with van der Waals surface area (Å²) in [6, 6.07) is 13.0. The fourth-order valence-corrected chi connectivity index (χ4v) is 5.80. The summed E-state index contributed by atoms with van der Waals surface area (Å²) in [6.45, 7) is 8.67. The Balaban J connectivity index is 1.67. The number of thiophene rings is 1. The van der Waals surface area contributed by atoms with Crippen molar-refractivity contribution >= 4 is 39.5 Å². The average Bonchev–Trinajstić information content (AvgIpc) is 3.15. The lowest BCUT2D eigenvalue weighted by Gasteiger charge is -2.33. The van der Waals surface area contributed by atoms with Crippen LogP contribution in [0, 0.1) is 28.4 Å². The first-order valence-electron chi connectivity index (χ1n) is 11.6. The Bertz CT molecular complexity index is 1290. The van der Waals surface area contributed by atoms with Gasteiger partial charge >= 0.3 is 0 Å². The molecule has 2 N–H and O–H groups in total. The predicted molar refractivity (Wildman–Crippen MR) is 139 cm³/mol. The number of amides is 2. The molecule has 1 aliphatic rings. The van der Waals surface area contributed by atoms with Crippen molar-refractivity contribution in [3.8, 4) is 0 Å². The number of nitro groups is 1. The van der Waals surface area contributed by atoms with Gasteiger partial charge in [-0.3, -0.25) is 19.7 Å². The van der Waals surface area contributed by atoms with Gasteiger partial charge in [-0.05, 0) is 72.9 Å². The van der Waals surface area contributed by atoms with Crippen LogP contribution in [0.3, 0.4) is 0 Å². The van der Waals surface area contributed by atoms with Gasteiger partial charge in [-0.1, -0.05) is 32.9 Å². The van der Waals surface area contributed by atoms with Crippen LogP contribution < -0.4 is 10.6 Å². The van der Waals surface area contributed by atoms with Gasteiger partial charge < -0.3 is 10.6 Å². The minimum atomic E-state index is -0.506. The van der Waals surface area contributed by atoms with Crippen LogP contribution in [0.25, 0.3) is 0 Å². The van der Waals surface area contributed by atoms with Crippen LogP contribution in [0.1, 0.15) is 63.9 Å². The van der Waals surface area contributed by atoms with Crippen LogP contribution in [0.4, 0.5) is 16.4 Å². The molecule has 1 heterocycles. The number of benzene rings is 2. The number of hydrogen-bond acceptors (Lipinski definition) is 5. The van der Waals surface area contributed by atoms with E-state index in [0.717, 1.165) is 35.3 Å². The minimum absolute atomic E-state index is 0.0837. The molecule has 0 spiro atoms. The Morgan fingerprint density at radius 1 is 1.06 bits per heavy atom. The van der Waals surface area contributed by atoms with E-state index in [1.54, 1.807) is 0 Å². The fraction of sp³-hybridized carbons (Fsp3) is 0.333. The molecule has 1 aliphatic carbocycles. The largest absolute Gasteiger partial charge is 0.322 e. The second kappa shape index (κ2) is 9.62. The summed E-state index contributed by atoms with van der Waals surface area (Å²) in [6.07, 6.45) is 2.62. The van der Waals surface area contributed by atoms with Crippen molar-refractivity contribution in [3.63, 3.8) is 0 Å². The van der Waals surface area contributed by atoms with Crippen LogP contribution in [0.2, 0.25) is 0 Å². The van der Waals surface area contributed by atoms with E-state index < -0.39 is 10.8 Å². The summed E-state index contributed by atoms with van der Waals surface area (Å²) < 4.78 is 0. The third kappa shape index (κ3) is 5.43. The van der Waals surface area contributed by atoms with Gasteiger partial charge in [0.1, 0.15) is 5.00 Å². The Kier molecular flexibility index (Phi) is 6.76. The first-order chi connectivity index (χ1) is 16.5. The molecule has 2 amide bonds. The van der Waals surface area contributed by atoms with Crippen molar-refractivity contribution in [1.29, 1.82) is 0 Å². The lowest BCUT2D eigenvalue weighted by Crippen LogP contribution is -2.27. The van der Waals surface area contributed by atoms with E-state index in [4.69, 9.17) is 0 Å². The Morgan fingerprint density at radius 3 is 2.40 bits per heavy atom. The summed E-state index contributed by atoms with van der Waals surface area (Å²) in [5, 5.41) is 17.4. The molecule has 0 saturated heterocycles. The van der Waals surface area contributed by atoms with Crippen LogP contribution in [-0.4, -0.2) is 16.7 Å². The molecule has 182 valence electrons. The van der Waals surface area contributed by atoms with Gasteiger partial charge in [-0.25, -0.2) is 0 Å². The number of rotatable bonds is 5. The molecule has 0 radical (unpaired) electrons. The smallest absolute Gasteiger partial charge is 0.269 e. The second-order valence-electron chi connectivity index (χ2n) is 10.1. The van der Waals surface area contributed by atoms with Gasteiger partial charge in [0, 0.05) is 28.3 Å². The Hall–Kier alpha value is -3.52. The van der Waals surface area contributed by atoms with E-state index >= 15 is 0 Å². The van der Waals surface area contributed by atoms with Gasteiger partial charge in [-0.2, -0.15) is 0 Å². The highest BCUT2D eigenvalue weighted by atomic mass is 32.1. The summed E-state index contributed by atoms with van der Waals surface area (Å²) in [5.41, 5.74) is 3.60. The molecule has 0 bridgehead atoms. The van der Waals surface area contributed by atoms with Crippen molar-refractivity contribution in [3.05, 3.63) is 85.8 Å². The standard InChI is InChI=1S/C27H29N3O4S/c1-16-6-5-7-19(14-16)28-25(32)23-21-13-10-18(27(2,3)4)15-22(21)35-26(23)29-24(31)17-8-11-20(12-9-17)30(33)34/h5-9,11-12,14,18H,10,13,15H2,1-4H3,(H,28,32)(H,29,31). The molecule has 1 unspecified atom stereocenters. The lowest BCUT2D eigenvalue weighted by atomic mass is 9.72. The third-order valence-corrected chi connectivity index (χ3v) is 7.73. The zero-order valence-electron chi connectivity index (χ0n) is 20.3. The molecular weight excluding hydrogens is 462 g/mol. The van der Waals surface area contributed by atoms with E-state index in [2.05, 4.69) is 31.4 Å². The number of nitro benzene ring substituents is 1. The maximum atomic E-state index is 13.5. The monoisotopic (exact) mass is 491 g/mol. The van der Waals surface area contributed by atoms with Crippen LogP contribution in [-0.2, 0) is 12.8 Å². The van der Waals surface area contributed by atoms with E-state index in [9.17, 15) is 19.7 Å². The molecule has 0 saturated carbocycles. The highest BCUT2D eigenvalue weighted by Crippen LogP contribution is 2.44. The van der Waals surface area contributed by atoms with Gasteiger partial charge in [-0.15, -0.1) is 11.3 Å². The number of non-ortho nitro benzene ring substituents is 1. The van der Waals surface area contributed by atoms with Gasteiger partial charge in [0.2, 0.25) is 0 Å². The first-order valence-corrected chi connectivity index (χ1v) is 12.4. The van der Waals surface area contributed by atoms with Crippen LogP contribution in [0.5, 0.6) is 0 Å². The number of aryl methyl sites for hydroxylation is 1. The maximum absolute atomic E-state index is 13.5. The molecule has 0 aliphatic heterocycles. The number of fused-ring (bicyclic) bond motifs is 1. The van der Waals surface area contributed by atoms with Crippen LogP contribution >= 0.6 is 11.3 Å². The average molecular weight is 492 g/mol. The molecule has 8 heteroatoms. The first kappa shape index (κ1) is 24.6. The predicted octanol–water partition coefficient (Wildman–Crippen LogP) is 6.62. The second-order valence-corrected chi connectivity index (χ2v) is 11.2. The zero-order chi connectivity index (χ0) is 25.3. The number of carbonyl (C=O) groups excluding carboxylic acids is 2. The van der Waals surface area contributed by atoms with Gasteiger partial charge in [0.25, 0.3) is 17.5 Å². The number of nitrogens with zero attached hydrogens (tertiary/aromatic N) is 1. The molecule has 1 aromatic heterocycles. The maximum Gasteiger partial charge on any atom is 0.269 e. The Morgan fingerprint density at radius 2 is 1.77 bits per heavy atom. The zero-order valence-corrected chi connectivity index (χ0v) is 21.1. The van der Waals surface area contributed by atoms with Gasteiger partial charge in [0.05, 0.1) is 10.5 Å². The van der Waals surface area contributed by atoms with E-state index in [1.807, 2.05) is 31.2 Å². The third-order valence-electron chi connectivity index (χ3n) is 6.56. The molecule has 35 heavy (non-hydrogen) atoms. The normalized spacial score (nSPS) is 15.3. The summed E-state index contributed by atoms with van der Waals surface area (Å²) >= 11 is 1.45. The van der Waals surface area contributed by atoms with Crippen LogP contribution in [0.15, 0.2) is 48.5 Å². The fourth-order valence-electron chi connectivity index (χ4n) is 4.48. The highest BCUT2D eigenvalue weighted by molar-refractivity contribution is 7.17. The topological polar surface area (TPSA) is 101 Å². The molecule has 2 aromatic carbocycles. The SMILES string of the molecule is Cc1cccc(NC(=O)c2c(NC(=O)c3ccc([N+](=O)[O-])cc3)sc3c2CCC(C(C)(C)C)C3)c1. The molecular formula is C27H29N3O4S. The number of carbonyl (C=O) groups is 2. The molecule has 3 aromatic rings. The van der Waals surface area contributed by atoms with Crippen molar-refractivity contribution in [2.45, 2.75) is 47.0 Å². The summed E-state index contributed by atoms with van der Waals surface area (Å²) in [7, 11) is 0. The molecule has 0 fully saturated rings. The van der Waals surface area contributed by atoms with E-state index in [-0.39, 0.29) is 17.0 Å². The number of nitrogens with one attached hydrogen (secondary N) is 2. The molecule has 4 rings (SSSR count). The highest BCUT2D eigenvalue weighted by Gasteiger charge is 2.34. The molecule has 7 nitrogen and oxygen atoms in total. The van der Waals surface area contributed by atoms with Gasteiger partial charge in [0.15, 0.2) is 0 Å². The van der Waals surface area contributed by atoms with Crippen molar-refractivity contribution < 1.29 is 14.5 Å². The number of hydrogen-bond donors (Lipinski definition) is 2. The minimum Gasteiger partial charge on any atom is -0.322 e.